The first-order valence-corrected chi connectivity index (χ1v) is 23.4. The third-order valence-corrected chi connectivity index (χ3v) is 18.0. The van der Waals surface area contributed by atoms with E-state index in [9.17, 15) is 46.0 Å². The first kappa shape index (κ1) is 45.3. The summed E-state index contributed by atoms with van der Waals surface area (Å²) in [7, 11) is 0. The molecule has 0 amide bonds. The predicted molar refractivity (Wildman–Crippen MR) is 215 cm³/mol. The van der Waals surface area contributed by atoms with Crippen LogP contribution in [0.4, 0.5) is 0 Å². The summed E-state index contributed by atoms with van der Waals surface area (Å²) in [6.45, 7) is 11.4. The van der Waals surface area contributed by atoms with E-state index in [1.165, 1.54) is 51.1 Å². The number of rotatable bonds is 8. The fraction of sp³-hybridized carbons (Fsp3) is 0.956. The second kappa shape index (κ2) is 17.1. The average Bonchev–Trinajstić information content (AvgIpc) is 3.71. The molecule has 16 heteroatoms. The summed E-state index contributed by atoms with van der Waals surface area (Å²) in [6.07, 6.45) is -11.1. The fourth-order valence-corrected chi connectivity index (χ4v) is 14.7. The fourth-order valence-electron chi connectivity index (χ4n) is 14.7. The molecule has 9 aliphatic rings. The predicted octanol–water partition coefficient (Wildman–Crippen LogP) is 0.155. The van der Waals surface area contributed by atoms with Crippen LogP contribution in [0.5, 0.6) is 0 Å². The van der Waals surface area contributed by atoms with Gasteiger partial charge in [-0.2, -0.15) is 0 Å². The zero-order valence-electron chi connectivity index (χ0n) is 36.3. The first-order valence-electron chi connectivity index (χ1n) is 23.4. The van der Waals surface area contributed by atoms with Crippen LogP contribution in [-0.2, 0) is 28.4 Å². The maximum atomic E-state index is 11.6. The molecule has 5 aliphatic heterocycles. The molecule has 9 N–H and O–H groups in total. The summed E-state index contributed by atoms with van der Waals surface area (Å²) in [5.41, 5.74) is 1.72. The maximum Gasteiger partial charge on any atom is 0.187 e. The molecule has 0 radical (unpaired) electrons. The molecule has 0 bridgehead atoms. The molecule has 4 aliphatic carbocycles. The standard InChI is InChI=1S/C45H73NO15/c1-19-6-9-27-20(2)31-28(46(27)16-19)15-26-24-8-7-22-14-23(10-12-44(22,4)25(24)11-13-45(26,31)5)57-43-40(61-41-37(54)35(52)32(49)21(3)56-41)39(34(51)30(18-48)59-43)60-42-38(55)36(53)33(50)29(17-47)58-42/h7,19-21,23-43,47-55H,6,8-18H2,1-5H3/t19-,20+,21-,23-,24-,25+,26+,27+,28-,29-,30+,31-,32+,33+,34+,35+,36-,37-,38+,39-,40+,41-,42+,43+,44+,45-/m0/s1. The van der Waals surface area contributed by atoms with Crippen LogP contribution in [0.3, 0.4) is 0 Å². The summed E-state index contributed by atoms with van der Waals surface area (Å²) < 4.78 is 36.8. The van der Waals surface area contributed by atoms with Crippen molar-refractivity contribution in [1.82, 2.24) is 4.90 Å². The lowest BCUT2D eigenvalue weighted by Gasteiger charge is -2.58. The Morgan fingerprint density at radius 3 is 2.05 bits per heavy atom. The van der Waals surface area contributed by atoms with Gasteiger partial charge in [-0.15, -0.1) is 0 Å². The minimum Gasteiger partial charge on any atom is -0.394 e. The van der Waals surface area contributed by atoms with Crippen LogP contribution in [0, 0.1) is 46.3 Å². The van der Waals surface area contributed by atoms with Gasteiger partial charge >= 0.3 is 0 Å². The lowest BCUT2D eigenvalue weighted by Crippen LogP contribution is -2.67. The van der Waals surface area contributed by atoms with Crippen LogP contribution in [0.25, 0.3) is 0 Å². The van der Waals surface area contributed by atoms with Gasteiger partial charge in [0, 0.05) is 18.6 Å². The van der Waals surface area contributed by atoms with Crippen molar-refractivity contribution in [2.24, 2.45) is 46.3 Å². The van der Waals surface area contributed by atoms with Crippen molar-refractivity contribution in [3.63, 3.8) is 0 Å². The van der Waals surface area contributed by atoms with Crippen LogP contribution < -0.4 is 0 Å². The Hall–Kier alpha value is -0.900. The highest BCUT2D eigenvalue weighted by Gasteiger charge is 2.66. The molecule has 0 unspecified atom stereocenters. The van der Waals surface area contributed by atoms with Gasteiger partial charge in [0.25, 0.3) is 0 Å². The van der Waals surface area contributed by atoms with E-state index < -0.39 is 105 Å². The Labute approximate surface area is 359 Å². The van der Waals surface area contributed by atoms with Crippen LogP contribution in [0.1, 0.15) is 92.4 Å². The lowest BCUT2D eigenvalue weighted by atomic mass is 9.47. The topological polar surface area (TPSA) is 241 Å². The molecule has 8 fully saturated rings. The van der Waals surface area contributed by atoms with E-state index >= 15 is 0 Å². The van der Waals surface area contributed by atoms with Gasteiger partial charge in [-0.25, -0.2) is 0 Å². The maximum absolute atomic E-state index is 11.6. The minimum absolute atomic E-state index is 0.00462. The highest BCUT2D eigenvalue weighted by atomic mass is 16.8. The van der Waals surface area contributed by atoms with Crippen LogP contribution in [0.15, 0.2) is 11.6 Å². The number of fused-ring (bicyclic) bond motifs is 9. The second-order valence-electron chi connectivity index (χ2n) is 21.2. The normalized spacial score (nSPS) is 57.3. The number of hydrogen-bond acceptors (Lipinski definition) is 16. The van der Waals surface area contributed by atoms with E-state index in [4.69, 9.17) is 28.4 Å². The van der Waals surface area contributed by atoms with Crippen LogP contribution in [0.2, 0.25) is 0 Å². The molecule has 9 rings (SSSR count). The highest BCUT2D eigenvalue weighted by molar-refractivity contribution is 5.27. The van der Waals surface area contributed by atoms with E-state index in [0.717, 1.165) is 36.6 Å². The molecule has 5 heterocycles. The van der Waals surface area contributed by atoms with Gasteiger partial charge in [-0.3, -0.25) is 4.90 Å². The highest BCUT2D eigenvalue weighted by Crippen LogP contribution is 2.70. The third-order valence-electron chi connectivity index (χ3n) is 18.0. The Bertz CT molecular complexity index is 1590. The van der Waals surface area contributed by atoms with Gasteiger partial charge in [-0.05, 0) is 111 Å². The van der Waals surface area contributed by atoms with E-state index in [0.29, 0.717) is 42.1 Å². The molecule has 61 heavy (non-hydrogen) atoms. The minimum atomic E-state index is -1.83. The molecule has 26 atom stereocenters. The van der Waals surface area contributed by atoms with Crippen LogP contribution in [-0.4, -0.2) is 181 Å². The zero-order chi connectivity index (χ0) is 43.4. The number of hydrogen-bond donors (Lipinski definition) is 9. The van der Waals surface area contributed by atoms with E-state index in [1.807, 2.05) is 0 Å². The molecular weight excluding hydrogens is 794 g/mol. The van der Waals surface area contributed by atoms with Gasteiger partial charge in [0.05, 0.1) is 25.4 Å². The van der Waals surface area contributed by atoms with Gasteiger partial charge in [0.2, 0.25) is 0 Å². The van der Waals surface area contributed by atoms with Gasteiger partial charge in [-0.1, -0.05) is 39.3 Å². The van der Waals surface area contributed by atoms with Gasteiger partial charge < -0.3 is 74.4 Å². The molecule has 0 aromatic carbocycles. The Morgan fingerprint density at radius 2 is 1.33 bits per heavy atom. The van der Waals surface area contributed by atoms with Crippen molar-refractivity contribution in [2.45, 2.75) is 203 Å². The summed E-state index contributed by atoms with van der Waals surface area (Å²) in [4.78, 5) is 2.94. The molecule has 16 nitrogen and oxygen atoms in total. The second-order valence-corrected chi connectivity index (χ2v) is 21.2. The van der Waals surface area contributed by atoms with Crippen molar-refractivity contribution in [1.29, 1.82) is 0 Å². The van der Waals surface area contributed by atoms with Crippen LogP contribution >= 0.6 is 0 Å². The third kappa shape index (κ3) is 7.42. The first-order chi connectivity index (χ1) is 29.0. The lowest BCUT2D eigenvalue weighted by molar-refractivity contribution is -0.394. The number of allylic oxidation sites excluding steroid dienone is 1. The summed E-state index contributed by atoms with van der Waals surface area (Å²) in [5, 5.41) is 95.8. The SMILES string of the molecule is C[C@H]1CC[C@@H]2[C@@H](C)[C@H]3[C@H](C[C@@H]4[C@H]5CC=C6C[C@@H](O[C@@H]7O[C@H](CO)[C@@H](O)[C@H](O[C@H]8O[C@@H](CO)[C@@H](O)[C@H](O)[C@H]8O)[C@H]7O[C@@H]7O[C@@H](C)[C@@H](O)[C@@H](O)[C@@H]7O)CC[C@@]6(C)[C@@H]5CC[C@]34C)N2C1. The Balaban J connectivity index is 0.952. The quantitative estimate of drug-likeness (QED) is 0.148. The summed E-state index contributed by atoms with van der Waals surface area (Å²) in [6, 6.07) is 1.43. The molecule has 348 valence electrons. The number of piperidine rings is 1. The number of nitrogens with zero attached hydrogens (tertiary/aromatic N) is 1. The largest absolute Gasteiger partial charge is 0.394 e. The van der Waals surface area contributed by atoms with Crippen molar-refractivity contribution in [3.8, 4) is 0 Å². The molecule has 5 saturated heterocycles. The van der Waals surface area contributed by atoms with Gasteiger partial charge in [0.15, 0.2) is 18.9 Å². The monoisotopic (exact) mass is 867 g/mol. The van der Waals surface area contributed by atoms with Crippen molar-refractivity contribution in [2.75, 3.05) is 19.8 Å². The van der Waals surface area contributed by atoms with Crippen molar-refractivity contribution < 1.29 is 74.4 Å². The number of aliphatic hydroxyl groups excluding tert-OH is 9. The zero-order valence-corrected chi connectivity index (χ0v) is 36.3. The van der Waals surface area contributed by atoms with Gasteiger partial charge in [0.1, 0.15) is 67.1 Å². The molecular formula is C45H73NO15. The van der Waals surface area contributed by atoms with E-state index in [-0.39, 0.29) is 11.5 Å². The van der Waals surface area contributed by atoms with Crippen molar-refractivity contribution in [3.05, 3.63) is 11.6 Å². The smallest absolute Gasteiger partial charge is 0.187 e. The summed E-state index contributed by atoms with van der Waals surface area (Å²) >= 11 is 0. The number of aliphatic hydroxyl groups is 9. The number of ether oxygens (including phenoxy) is 6. The summed E-state index contributed by atoms with van der Waals surface area (Å²) in [5.74, 6) is 4.15. The Kier molecular flexibility index (Phi) is 12.7. The molecule has 0 aromatic rings. The van der Waals surface area contributed by atoms with E-state index in [2.05, 4.69) is 38.7 Å². The van der Waals surface area contributed by atoms with E-state index in [1.54, 1.807) is 0 Å². The van der Waals surface area contributed by atoms with Crippen molar-refractivity contribution >= 4 is 0 Å². The molecule has 0 aromatic heterocycles. The Morgan fingerprint density at radius 1 is 0.672 bits per heavy atom. The molecule has 0 spiro atoms. The molecule has 3 saturated carbocycles. The average molecular weight is 868 g/mol.